The van der Waals surface area contributed by atoms with Crippen molar-refractivity contribution in [3.8, 4) is 0 Å². The maximum atomic E-state index is 8.50. The number of hydrogen-bond acceptors (Lipinski definition) is 6. The van der Waals surface area contributed by atoms with Crippen molar-refractivity contribution in [2.45, 2.75) is 0 Å². The van der Waals surface area contributed by atoms with Crippen LogP contribution in [-0.4, -0.2) is 58.6 Å². The van der Waals surface area contributed by atoms with Gasteiger partial charge in [-0.3, -0.25) is 4.90 Å². The second-order valence-electron chi connectivity index (χ2n) is 3.90. The monoisotopic (exact) mass is 236 g/mol. The van der Waals surface area contributed by atoms with Crippen molar-refractivity contribution < 1.29 is 5.21 Å². The molecule has 1 aliphatic rings. The minimum absolute atomic E-state index is 0.245. The SMILES string of the molecule is N/C(CN1CCN(c2ncccn2)CC1)=N\O. The van der Waals surface area contributed by atoms with Gasteiger partial charge in [0.2, 0.25) is 5.95 Å². The number of hydrogen-bond donors (Lipinski definition) is 2. The van der Waals surface area contributed by atoms with Crippen LogP contribution in [0, 0.1) is 0 Å². The van der Waals surface area contributed by atoms with E-state index < -0.39 is 0 Å². The molecule has 17 heavy (non-hydrogen) atoms. The molecular formula is C10H16N6O. The van der Waals surface area contributed by atoms with Gasteiger partial charge in [-0.15, -0.1) is 0 Å². The Morgan fingerprint density at radius 1 is 1.29 bits per heavy atom. The molecule has 0 spiro atoms. The maximum absolute atomic E-state index is 8.50. The third-order valence-corrected chi connectivity index (χ3v) is 2.72. The standard InChI is InChI=1S/C10H16N6O/c11-9(14-17)8-15-4-6-16(7-5-15)10-12-2-1-3-13-10/h1-3,17H,4-8H2,(H2,11,14). The summed E-state index contributed by atoms with van der Waals surface area (Å²) in [5.41, 5.74) is 5.47. The molecule has 0 amide bonds. The Balaban J connectivity index is 1.86. The molecule has 7 heteroatoms. The van der Waals surface area contributed by atoms with E-state index in [4.69, 9.17) is 10.9 Å². The summed E-state index contributed by atoms with van der Waals surface area (Å²) in [5, 5.41) is 11.5. The lowest BCUT2D eigenvalue weighted by molar-refractivity contribution is 0.277. The van der Waals surface area contributed by atoms with Crippen LogP contribution < -0.4 is 10.6 Å². The molecule has 0 aromatic carbocycles. The van der Waals surface area contributed by atoms with Crippen LogP contribution in [0.4, 0.5) is 5.95 Å². The summed E-state index contributed by atoms with van der Waals surface area (Å²) in [6.07, 6.45) is 3.48. The van der Waals surface area contributed by atoms with Crippen molar-refractivity contribution in [2.75, 3.05) is 37.6 Å². The molecule has 92 valence electrons. The number of piperazine rings is 1. The third-order valence-electron chi connectivity index (χ3n) is 2.72. The second-order valence-corrected chi connectivity index (χ2v) is 3.90. The van der Waals surface area contributed by atoms with Crippen LogP contribution in [0.2, 0.25) is 0 Å². The van der Waals surface area contributed by atoms with Gasteiger partial charge in [0, 0.05) is 38.6 Å². The molecule has 1 aromatic rings. The summed E-state index contributed by atoms with van der Waals surface area (Å²) in [6, 6.07) is 1.80. The van der Waals surface area contributed by atoms with Crippen LogP contribution in [-0.2, 0) is 0 Å². The van der Waals surface area contributed by atoms with E-state index in [0.29, 0.717) is 6.54 Å². The number of amidine groups is 1. The van der Waals surface area contributed by atoms with Crippen LogP contribution >= 0.6 is 0 Å². The predicted molar refractivity (Wildman–Crippen MR) is 64.1 cm³/mol. The smallest absolute Gasteiger partial charge is 0.225 e. The van der Waals surface area contributed by atoms with Crippen LogP contribution in [0.3, 0.4) is 0 Å². The number of nitrogens with zero attached hydrogens (tertiary/aromatic N) is 5. The molecule has 0 unspecified atom stereocenters. The summed E-state index contributed by atoms with van der Waals surface area (Å²) in [7, 11) is 0. The fourth-order valence-corrected chi connectivity index (χ4v) is 1.82. The van der Waals surface area contributed by atoms with Gasteiger partial charge in [-0.2, -0.15) is 0 Å². The lowest BCUT2D eigenvalue weighted by Gasteiger charge is -2.34. The van der Waals surface area contributed by atoms with Gasteiger partial charge in [-0.1, -0.05) is 5.16 Å². The Kier molecular flexibility index (Phi) is 3.71. The first-order valence-electron chi connectivity index (χ1n) is 5.50. The number of nitrogens with two attached hydrogens (primary N) is 1. The molecule has 7 nitrogen and oxygen atoms in total. The zero-order valence-electron chi connectivity index (χ0n) is 9.53. The topological polar surface area (TPSA) is 90.9 Å². The molecule has 2 rings (SSSR count). The van der Waals surface area contributed by atoms with E-state index in [0.717, 1.165) is 32.1 Å². The first kappa shape index (κ1) is 11.6. The molecule has 0 aliphatic carbocycles. The molecule has 0 radical (unpaired) electrons. The molecule has 0 saturated carbocycles. The van der Waals surface area contributed by atoms with Gasteiger partial charge in [-0.25, -0.2) is 9.97 Å². The number of aromatic nitrogens is 2. The third kappa shape index (κ3) is 3.04. The average molecular weight is 236 g/mol. The number of oxime groups is 1. The minimum Gasteiger partial charge on any atom is -0.409 e. The highest BCUT2D eigenvalue weighted by atomic mass is 16.4. The van der Waals surface area contributed by atoms with Gasteiger partial charge >= 0.3 is 0 Å². The summed E-state index contributed by atoms with van der Waals surface area (Å²) >= 11 is 0. The van der Waals surface area contributed by atoms with Crippen molar-refractivity contribution in [1.82, 2.24) is 14.9 Å². The summed E-state index contributed by atoms with van der Waals surface area (Å²) in [6.45, 7) is 3.91. The Morgan fingerprint density at radius 3 is 2.53 bits per heavy atom. The predicted octanol–water partition coefficient (Wildman–Crippen LogP) is -0.655. The second kappa shape index (κ2) is 5.44. The zero-order chi connectivity index (χ0) is 12.1. The van der Waals surface area contributed by atoms with E-state index >= 15 is 0 Å². The normalized spacial score (nSPS) is 18.4. The van der Waals surface area contributed by atoms with Gasteiger partial charge in [0.25, 0.3) is 0 Å². The van der Waals surface area contributed by atoms with E-state index in [1.54, 1.807) is 18.5 Å². The number of rotatable bonds is 3. The van der Waals surface area contributed by atoms with E-state index in [9.17, 15) is 0 Å². The quantitative estimate of drug-likeness (QED) is 0.313. The molecule has 1 saturated heterocycles. The van der Waals surface area contributed by atoms with Crippen molar-refractivity contribution in [3.63, 3.8) is 0 Å². The van der Waals surface area contributed by atoms with Crippen LogP contribution in [0.25, 0.3) is 0 Å². The molecule has 3 N–H and O–H groups in total. The lowest BCUT2D eigenvalue weighted by atomic mass is 10.3. The van der Waals surface area contributed by atoms with E-state index in [1.165, 1.54) is 0 Å². The first-order chi connectivity index (χ1) is 8.29. The van der Waals surface area contributed by atoms with Crippen LogP contribution in [0.15, 0.2) is 23.6 Å². The van der Waals surface area contributed by atoms with Gasteiger partial charge in [0.15, 0.2) is 5.84 Å². The van der Waals surface area contributed by atoms with Crippen LogP contribution in [0.1, 0.15) is 0 Å². The van der Waals surface area contributed by atoms with E-state index in [2.05, 4.69) is 24.9 Å². The van der Waals surface area contributed by atoms with E-state index in [1.807, 2.05) is 0 Å². The van der Waals surface area contributed by atoms with Crippen molar-refractivity contribution in [3.05, 3.63) is 18.5 Å². The zero-order valence-corrected chi connectivity index (χ0v) is 9.53. The summed E-state index contributed by atoms with van der Waals surface area (Å²) < 4.78 is 0. The molecule has 1 aliphatic heterocycles. The maximum Gasteiger partial charge on any atom is 0.225 e. The molecule has 0 bridgehead atoms. The molecule has 2 heterocycles. The lowest BCUT2D eigenvalue weighted by Crippen LogP contribution is -2.49. The molecule has 1 aromatic heterocycles. The van der Waals surface area contributed by atoms with Gasteiger partial charge < -0.3 is 15.8 Å². The highest BCUT2D eigenvalue weighted by molar-refractivity contribution is 5.81. The summed E-state index contributed by atoms with van der Waals surface area (Å²) in [5.74, 6) is 1.00. The fourth-order valence-electron chi connectivity index (χ4n) is 1.82. The van der Waals surface area contributed by atoms with Crippen molar-refractivity contribution in [2.24, 2.45) is 10.9 Å². The Labute approximate surface area is 99.6 Å². The fraction of sp³-hybridized carbons (Fsp3) is 0.500. The Hall–Kier alpha value is -1.89. The van der Waals surface area contributed by atoms with Gasteiger partial charge in [-0.05, 0) is 6.07 Å². The van der Waals surface area contributed by atoms with Crippen LogP contribution in [0.5, 0.6) is 0 Å². The molecular weight excluding hydrogens is 220 g/mol. The van der Waals surface area contributed by atoms with Crippen molar-refractivity contribution in [1.29, 1.82) is 0 Å². The van der Waals surface area contributed by atoms with Gasteiger partial charge in [0.05, 0.1) is 6.54 Å². The average Bonchev–Trinajstić information content (AvgIpc) is 2.40. The number of anilines is 1. The Bertz CT molecular complexity index is 374. The molecule has 0 atom stereocenters. The van der Waals surface area contributed by atoms with Gasteiger partial charge in [0.1, 0.15) is 0 Å². The van der Waals surface area contributed by atoms with Crippen molar-refractivity contribution >= 4 is 11.8 Å². The highest BCUT2D eigenvalue weighted by Crippen LogP contribution is 2.08. The summed E-state index contributed by atoms with van der Waals surface area (Å²) in [4.78, 5) is 12.7. The highest BCUT2D eigenvalue weighted by Gasteiger charge is 2.19. The molecule has 1 fully saturated rings. The largest absolute Gasteiger partial charge is 0.409 e. The Morgan fingerprint density at radius 2 is 1.94 bits per heavy atom. The first-order valence-corrected chi connectivity index (χ1v) is 5.50. The minimum atomic E-state index is 0.245. The van der Waals surface area contributed by atoms with E-state index in [-0.39, 0.29) is 5.84 Å².